The highest BCUT2D eigenvalue weighted by Crippen LogP contribution is 2.09. The van der Waals surface area contributed by atoms with Crippen LogP contribution >= 0.6 is 0 Å². The molecule has 0 N–H and O–H groups in total. The molecule has 0 aromatic carbocycles. The predicted molar refractivity (Wildman–Crippen MR) is 54.0 cm³/mol. The standard InChI is InChI=1S/C10H14N4/c1-8-5-14(3)12-10(8)4-9-6-13(2)7-11-9/h5-7H,4H2,1-3H3. The predicted octanol–water partition coefficient (Wildman–Crippen LogP) is 1.05. The van der Waals surface area contributed by atoms with Gasteiger partial charge < -0.3 is 4.57 Å². The Labute approximate surface area is 83.2 Å². The fourth-order valence-electron chi connectivity index (χ4n) is 1.56. The number of imidazole rings is 1. The zero-order valence-electron chi connectivity index (χ0n) is 8.73. The molecule has 0 radical (unpaired) electrons. The molecule has 0 bridgehead atoms. The van der Waals surface area contributed by atoms with E-state index in [1.54, 1.807) is 0 Å². The summed E-state index contributed by atoms with van der Waals surface area (Å²) in [6, 6.07) is 0. The van der Waals surface area contributed by atoms with E-state index >= 15 is 0 Å². The molecule has 2 aromatic heterocycles. The lowest BCUT2D eigenvalue weighted by Gasteiger charge is -1.93. The van der Waals surface area contributed by atoms with E-state index in [1.165, 1.54) is 5.56 Å². The lowest BCUT2D eigenvalue weighted by molar-refractivity contribution is 0.747. The van der Waals surface area contributed by atoms with Crippen LogP contribution in [-0.2, 0) is 20.5 Å². The van der Waals surface area contributed by atoms with Gasteiger partial charge in [-0.2, -0.15) is 5.10 Å². The number of hydrogen-bond donors (Lipinski definition) is 0. The van der Waals surface area contributed by atoms with Gasteiger partial charge in [0.1, 0.15) is 0 Å². The summed E-state index contributed by atoms with van der Waals surface area (Å²) in [4.78, 5) is 4.28. The Hall–Kier alpha value is -1.58. The zero-order chi connectivity index (χ0) is 10.1. The van der Waals surface area contributed by atoms with Gasteiger partial charge in [0, 0.05) is 32.9 Å². The van der Waals surface area contributed by atoms with Crippen molar-refractivity contribution in [2.75, 3.05) is 0 Å². The number of rotatable bonds is 2. The molecular weight excluding hydrogens is 176 g/mol. The van der Waals surface area contributed by atoms with Crippen molar-refractivity contribution < 1.29 is 0 Å². The summed E-state index contributed by atoms with van der Waals surface area (Å²) in [5.74, 6) is 0. The van der Waals surface area contributed by atoms with Crippen molar-refractivity contribution in [3.8, 4) is 0 Å². The average Bonchev–Trinajstić information content (AvgIpc) is 2.61. The Morgan fingerprint density at radius 1 is 1.29 bits per heavy atom. The van der Waals surface area contributed by atoms with Crippen LogP contribution < -0.4 is 0 Å². The first-order valence-corrected chi connectivity index (χ1v) is 4.61. The first-order chi connectivity index (χ1) is 6.65. The maximum Gasteiger partial charge on any atom is 0.0946 e. The summed E-state index contributed by atoms with van der Waals surface area (Å²) in [5.41, 5.74) is 3.39. The van der Waals surface area contributed by atoms with E-state index in [9.17, 15) is 0 Å². The lowest BCUT2D eigenvalue weighted by Crippen LogP contribution is -1.94. The summed E-state index contributed by atoms with van der Waals surface area (Å²) >= 11 is 0. The molecule has 0 atom stereocenters. The highest BCUT2D eigenvalue weighted by molar-refractivity contribution is 5.20. The Balaban J connectivity index is 2.22. The molecule has 0 amide bonds. The van der Waals surface area contributed by atoms with Crippen LogP contribution in [0.25, 0.3) is 0 Å². The minimum absolute atomic E-state index is 0.813. The molecule has 4 heteroatoms. The lowest BCUT2D eigenvalue weighted by atomic mass is 10.2. The van der Waals surface area contributed by atoms with E-state index in [0.29, 0.717) is 0 Å². The number of aromatic nitrogens is 4. The molecule has 0 unspecified atom stereocenters. The summed E-state index contributed by atoms with van der Waals surface area (Å²) in [6.07, 6.45) is 6.67. The van der Waals surface area contributed by atoms with Crippen LogP contribution in [0.5, 0.6) is 0 Å². The van der Waals surface area contributed by atoms with Gasteiger partial charge in [0.25, 0.3) is 0 Å². The molecule has 4 nitrogen and oxygen atoms in total. The molecule has 0 saturated heterocycles. The van der Waals surface area contributed by atoms with Crippen molar-refractivity contribution in [2.45, 2.75) is 13.3 Å². The SMILES string of the molecule is Cc1cn(C)nc1Cc1cn(C)cn1. The number of hydrogen-bond acceptors (Lipinski definition) is 2. The second kappa shape index (κ2) is 3.29. The van der Waals surface area contributed by atoms with Gasteiger partial charge in [0.15, 0.2) is 0 Å². The van der Waals surface area contributed by atoms with Gasteiger partial charge >= 0.3 is 0 Å². The van der Waals surface area contributed by atoms with Crippen molar-refractivity contribution in [2.24, 2.45) is 14.1 Å². The maximum atomic E-state index is 4.38. The van der Waals surface area contributed by atoms with Gasteiger partial charge in [-0.05, 0) is 12.5 Å². The van der Waals surface area contributed by atoms with Crippen molar-refractivity contribution in [1.29, 1.82) is 0 Å². The molecule has 2 heterocycles. The zero-order valence-corrected chi connectivity index (χ0v) is 8.73. The Kier molecular flexibility index (Phi) is 2.11. The topological polar surface area (TPSA) is 35.6 Å². The molecule has 74 valence electrons. The third kappa shape index (κ3) is 1.69. The second-order valence-electron chi connectivity index (χ2n) is 3.64. The van der Waals surface area contributed by atoms with Crippen LogP contribution in [0.4, 0.5) is 0 Å². The third-order valence-electron chi connectivity index (χ3n) is 2.22. The second-order valence-corrected chi connectivity index (χ2v) is 3.64. The molecule has 2 rings (SSSR count). The van der Waals surface area contributed by atoms with E-state index in [0.717, 1.165) is 17.8 Å². The number of nitrogens with zero attached hydrogens (tertiary/aromatic N) is 4. The Bertz CT molecular complexity index is 439. The number of aryl methyl sites for hydroxylation is 3. The van der Waals surface area contributed by atoms with Gasteiger partial charge in [0.2, 0.25) is 0 Å². The minimum atomic E-state index is 0.813. The van der Waals surface area contributed by atoms with E-state index in [1.807, 2.05) is 42.1 Å². The van der Waals surface area contributed by atoms with E-state index in [4.69, 9.17) is 0 Å². The molecule has 0 spiro atoms. The molecule has 14 heavy (non-hydrogen) atoms. The van der Waals surface area contributed by atoms with E-state index < -0.39 is 0 Å². The van der Waals surface area contributed by atoms with Crippen molar-refractivity contribution in [3.05, 3.63) is 35.7 Å². The van der Waals surface area contributed by atoms with Crippen molar-refractivity contribution in [1.82, 2.24) is 19.3 Å². The first kappa shape index (κ1) is 8.99. The van der Waals surface area contributed by atoms with Crippen LogP contribution in [0.1, 0.15) is 17.0 Å². The quantitative estimate of drug-likeness (QED) is 0.709. The smallest absolute Gasteiger partial charge is 0.0946 e. The van der Waals surface area contributed by atoms with Crippen LogP contribution in [0, 0.1) is 6.92 Å². The fourth-order valence-corrected chi connectivity index (χ4v) is 1.56. The molecular formula is C10H14N4. The first-order valence-electron chi connectivity index (χ1n) is 4.61. The van der Waals surface area contributed by atoms with Gasteiger partial charge in [-0.3, -0.25) is 4.68 Å². The Morgan fingerprint density at radius 3 is 2.57 bits per heavy atom. The van der Waals surface area contributed by atoms with Crippen molar-refractivity contribution in [3.63, 3.8) is 0 Å². The van der Waals surface area contributed by atoms with Crippen LogP contribution in [-0.4, -0.2) is 19.3 Å². The molecule has 0 aliphatic rings. The van der Waals surface area contributed by atoms with Gasteiger partial charge in [0.05, 0.1) is 17.7 Å². The molecule has 0 fully saturated rings. The minimum Gasteiger partial charge on any atom is -0.340 e. The van der Waals surface area contributed by atoms with Crippen LogP contribution in [0.3, 0.4) is 0 Å². The highest BCUT2D eigenvalue weighted by atomic mass is 15.2. The molecule has 0 aliphatic heterocycles. The largest absolute Gasteiger partial charge is 0.340 e. The monoisotopic (exact) mass is 190 g/mol. The van der Waals surface area contributed by atoms with Gasteiger partial charge in [-0.1, -0.05) is 0 Å². The third-order valence-corrected chi connectivity index (χ3v) is 2.22. The highest BCUT2D eigenvalue weighted by Gasteiger charge is 2.05. The molecule has 0 aliphatic carbocycles. The Morgan fingerprint density at radius 2 is 2.07 bits per heavy atom. The van der Waals surface area contributed by atoms with Gasteiger partial charge in [-0.15, -0.1) is 0 Å². The van der Waals surface area contributed by atoms with Crippen LogP contribution in [0.2, 0.25) is 0 Å². The van der Waals surface area contributed by atoms with Crippen LogP contribution in [0.15, 0.2) is 18.7 Å². The van der Waals surface area contributed by atoms with E-state index in [2.05, 4.69) is 17.0 Å². The summed E-state index contributed by atoms with van der Waals surface area (Å²) < 4.78 is 3.79. The van der Waals surface area contributed by atoms with Crippen molar-refractivity contribution >= 4 is 0 Å². The van der Waals surface area contributed by atoms with E-state index in [-0.39, 0.29) is 0 Å². The normalized spacial score (nSPS) is 10.8. The van der Waals surface area contributed by atoms with Gasteiger partial charge in [-0.25, -0.2) is 4.98 Å². The summed E-state index contributed by atoms with van der Waals surface area (Å²) in [7, 11) is 3.91. The molecule has 2 aromatic rings. The maximum absolute atomic E-state index is 4.38. The molecule has 0 saturated carbocycles. The summed E-state index contributed by atoms with van der Waals surface area (Å²) in [5, 5.41) is 4.38. The average molecular weight is 190 g/mol. The fraction of sp³-hybridized carbons (Fsp3) is 0.400. The summed E-state index contributed by atoms with van der Waals surface area (Å²) in [6.45, 7) is 2.07.